The summed E-state index contributed by atoms with van der Waals surface area (Å²) < 4.78 is 17.8. The highest BCUT2D eigenvalue weighted by Crippen LogP contribution is 2.60. The van der Waals surface area contributed by atoms with Crippen LogP contribution in [-0.4, -0.2) is 41.0 Å². The van der Waals surface area contributed by atoms with Crippen LogP contribution in [0, 0.1) is 23.7 Å². The molecule has 8 heteroatoms. The summed E-state index contributed by atoms with van der Waals surface area (Å²) in [4.78, 5) is 34.5. The molecule has 5 rings (SSSR count). The Hall–Kier alpha value is -1.22. The van der Waals surface area contributed by atoms with Gasteiger partial charge in [-0.3, -0.25) is 9.59 Å². The number of carboxylic acids is 1. The predicted octanol–water partition coefficient (Wildman–Crippen LogP) is 2.60. The van der Waals surface area contributed by atoms with Crippen LogP contribution in [0.1, 0.15) is 59.3 Å². The maximum atomic E-state index is 12.1. The number of hydrogen-bond donors (Lipinski definition) is 1. The van der Waals surface area contributed by atoms with E-state index in [0.717, 1.165) is 19.3 Å². The molecule has 1 aliphatic carbocycles. The largest absolute Gasteiger partial charge is 0.481 e. The van der Waals surface area contributed by atoms with Gasteiger partial charge in [-0.2, -0.15) is 0 Å². The Morgan fingerprint density at radius 2 is 1.89 bits per heavy atom. The van der Waals surface area contributed by atoms with Crippen molar-refractivity contribution in [3.63, 3.8) is 0 Å². The minimum Gasteiger partial charge on any atom is -0.481 e. The molecule has 2 bridgehead atoms. The third kappa shape index (κ3) is 3.06. The molecule has 0 radical (unpaired) electrons. The Morgan fingerprint density at radius 3 is 2.63 bits per heavy atom. The Morgan fingerprint density at radius 1 is 1.11 bits per heavy atom. The summed E-state index contributed by atoms with van der Waals surface area (Å²) in [5, 5.41) is 8.76. The Balaban J connectivity index is 1.58. The third-order valence-electron chi connectivity index (χ3n) is 6.89. The van der Waals surface area contributed by atoms with E-state index in [0.29, 0.717) is 12.3 Å². The summed E-state index contributed by atoms with van der Waals surface area (Å²) in [6.45, 7) is 6.06. The van der Waals surface area contributed by atoms with E-state index < -0.39 is 35.9 Å². The second-order valence-corrected chi connectivity index (χ2v) is 8.66. The van der Waals surface area contributed by atoms with Crippen LogP contribution in [0.3, 0.4) is 0 Å². The average Bonchev–Trinajstić information content (AvgIpc) is 2.84. The van der Waals surface area contributed by atoms with Gasteiger partial charge in [0.1, 0.15) is 0 Å². The first-order chi connectivity index (χ1) is 12.7. The SMILES string of the molecule is C[C@H]1[C@H](OC(=O)CCC(=O)O)O[C@@H]2O[C@@]3(C)CCC4[C@H](C)CC[C@@H]1[C@]42OO3. The number of rotatable bonds is 4. The first-order valence-electron chi connectivity index (χ1n) is 9.86. The summed E-state index contributed by atoms with van der Waals surface area (Å²) >= 11 is 0. The fourth-order valence-corrected chi connectivity index (χ4v) is 5.40. The summed E-state index contributed by atoms with van der Waals surface area (Å²) in [6.07, 6.45) is 1.72. The van der Waals surface area contributed by atoms with E-state index in [2.05, 4.69) is 6.92 Å². The van der Waals surface area contributed by atoms with Gasteiger partial charge in [-0.25, -0.2) is 9.78 Å². The number of aliphatic carboxylic acids is 1. The van der Waals surface area contributed by atoms with Gasteiger partial charge in [0, 0.05) is 18.3 Å². The van der Waals surface area contributed by atoms with Crippen molar-refractivity contribution in [1.82, 2.24) is 0 Å². The minimum atomic E-state index is -1.03. The Bertz CT molecular complexity index is 623. The molecular weight excluding hydrogens is 356 g/mol. The number of hydrogen-bond acceptors (Lipinski definition) is 7. The molecule has 0 aromatic heterocycles. The molecule has 0 aromatic carbocycles. The molecule has 4 saturated heterocycles. The molecule has 1 unspecified atom stereocenters. The molecule has 0 aromatic rings. The number of carbonyl (C=O) groups is 2. The van der Waals surface area contributed by atoms with Crippen LogP contribution in [0.15, 0.2) is 0 Å². The van der Waals surface area contributed by atoms with E-state index in [4.69, 9.17) is 29.1 Å². The molecule has 5 aliphatic rings. The van der Waals surface area contributed by atoms with Crippen LogP contribution in [0.2, 0.25) is 0 Å². The second-order valence-electron chi connectivity index (χ2n) is 8.66. The molecule has 1 saturated carbocycles. The van der Waals surface area contributed by atoms with Crippen molar-refractivity contribution >= 4 is 11.9 Å². The average molecular weight is 384 g/mol. The molecule has 8 nitrogen and oxygen atoms in total. The van der Waals surface area contributed by atoms with Crippen molar-refractivity contribution in [3.8, 4) is 0 Å². The van der Waals surface area contributed by atoms with E-state index in [1.165, 1.54) is 0 Å². The molecule has 4 heterocycles. The normalized spacial score (nSPS) is 48.4. The van der Waals surface area contributed by atoms with E-state index in [9.17, 15) is 9.59 Å². The van der Waals surface area contributed by atoms with Gasteiger partial charge >= 0.3 is 11.9 Å². The smallest absolute Gasteiger partial charge is 0.308 e. The van der Waals surface area contributed by atoms with Gasteiger partial charge in [-0.05, 0) is 38.0 Å². The summed E-state index contributed by atoms with van der Waals surface area (Å²) in [7, 11) is 0. The van der Waals surface area contributed by atoms with Gasteiger partial charge in [0.15, 0.2) is 11.9 Å². The van der Waals surface area contributed by atoms with Crippen molar-refractivity contribution in [2.24, 2.45) is 23.7 Å². The van der Waals surface area contributed by atoms with Crippen molar-refractivity contribution < 1.29 is 38.7 Å². The monoisotopic (exact) mass is 384 g/mol. The van der Waals surface area contributed by atoms with E-state index in [1.54, 1.807) is 0 Å². The number of ether oxygens (including phenoxy) is 3. The lowest BCUT2D eigenvalue weighted by atomic mass is 9.58. The van der Waals surface area contributed by atoms with Gasteiger partial charge in [0.2, 0.25) is 12.1 Å². The minimum absolute atomic E-state index is 0.0670. The highest BCUT2D eigenvalue weighted by molar-refractivity contribution is 5.76. The van der Waals surface area contributed by atoms with Crippen molar-refractivity contribution in [2.75, 3.05) is 0 Å². The van der Waals surface area contributed by atoms with Crippen LogP contribution in [0.5, 0.6) is 0 Å². The van der Waals surface area contributed by atoms with Gasteiger partial charge in [0.05, 0.1) is 12.8 Å². The standard InChI is InChI=1S/C19H28O8/c1-10-4-5-13-11(2)16(23-15(22)7-6-14(20)21)24-17-19(13)12(10)8-9-18(3,25-17)26-27-19/h10-13,16-17H,4-9H2,1-3H3,(H,20,21)/t10-,11-,12?,13+,16-,17-,18-,19-/m1/s1. The van der Waals surface area contributed by atoms with Gasteiger partial charge in [0.25, 0.3) is 0 Å². The van der Waals surface area contributed by atoms with Crippen LogP contribution in [0.4, 0.5) is 0 Å². The molecule has 0 amide bonds. The molecule has 5 fully saturated rings. The zero-order chi connectivity index (χ0) is 19.4. The van der Waals surface area contributed by atoms with Crippen molar-refractivity contribution in [3.05, 3.63) is 0 Å². The lowest BCUT2D eigenvalue weighted by Crippen LogP contribution is -2.70. The zero-order valence-electron chi connectivity index (χ0n) is 16.0. The van der Waals surface area contributed by atoms with Crippen LogP contribution < -0.4 is 0 Å². The summed E-state index contributed by atoms with van der Waals surface area (Å²) in [5.74, 6) is -1.82. The maximum Gasteiger partial charge on any atom is 0.308 e. The first-order valence-corrected chi connectivity index (χ1v) is 9.86. The topological polar surface area (TPSA) is 101 Å². The third-order valence-corrected chi connectivity index (χ3v) is 6.89. The Labute approximate surface area is 158 Å². The zero-order valence-corrected chi connectivity index (χ0v) is 16.0. The molecule has 152 valence electrons. The molecular formula is C19H28O8. The van der Waals surface area contributed by atoms with E-state index in [-0.39, 0.29) is 30.6 Å². The molecule has 1 spiro atoms. The molecule has 4 aliphatic heterocycles. The number of fused-ring (bicyclic) bond motifs is 2. The predicted molar refractivity (Wildman–Crippen MR) is 89.8 cm³/mol. The second kappa shape index (κ2) is 6.69. The van der Waals surface area contributed by atoms with Crippen LogP contribution in [0.25, 0.3) is 0 Å². The van der Waals surface area contributed by atoms with Crippen molar-refractivity contribution in [1.29, 1.82) is 0 Å². The van der Waals surface area contributed by atoms with Crippen LogP contribution >= 0.6 is 0 Å². The van der Waals surface area contributed by atoms with E-state index >= 15 is 0 Å². The fraction of sp³-hybridized carbons (Fsp3) is 0.895. The maximum absolute atomic E-state index is 12.1. The summed E-state index contributed by atoms with van der Waals surface area (Å²) in [5.41, 5.74) is -0.697. The van der Waals surface area contributed by atoms with Gasteiger partial charge in [-0.1, -0.05) is 13.8 Å². The highest BCUT2D eigenvalue weighted by atomic mass is 17.3. The number of esters is 1. The first kappa shape index (κ1) is 19.1. The number of carboxylic acid groups (broad SMARTS) is 1. The van der Waals surface area contributed by atoms with Gasteiger partial charge in [-0.15, -0.1) is 0 Å². The lowest BCUT2D eigenvalue weighted by Gasteiger charge is -2.59. The fourth-order valence-electron chi connectivity index (χ4n) is 5.40. The molecule has 1 N–H and O–H groups in total. The quantitative estimate of drug-likeness (QED) is 0.583. The Kier molecular flexibility index (Phi) is 4.73. The highest BCUT2D eigenvalue weighted by Gasteiger charge is 2.69. The lowest BCUT2D eigenvalue weighted by molar-refractivity contribution is -0.576. The van der Waals surface area contributed by atoms with Crippen LogP contribution in [-0.2, 0) is 33.6 Å². The molecule has 27 heavy (non-hydrogen) atoms. The molecule has 8 atom stereocenters. The number of carbonyl (C=O) groups excluding carboxylic acids is 1. The summed E-state index contributed by atoms with van der Waals surface area (Å²) in [6, 6.07) is 0. The van der Waals surface area contributed by atoms with Gasteiger partial charge < -0.3 is 19.3 Å². The van der Waals surface area contributed by atoms with E-state index in [1.807, 2.05) is 13.8 Å². The van der Waals surface area contributed by atoms with Crippen molar-refractivity contribution in [2.45, 2.75) is 83.3 Å².